The third-order valence-corrected chi connectivity index (χ3v) is 12.8. The third kappa shape index (κ3) is 10.8. The van der Waals surface area contributed by atoms with E-state index in [0.29, 0.717) is 33.8 Å². The zero-order valence-corrected chi connectivity index (χ0v) is 45.5. The molecule has 8 aromatic rings. The first-order valence-electron chi connectivity index (χ1n) is 26.5. The molecule has 360 valence electrons. The number of benzene rings is 6. The molecule has 2 heterocycles. The Labute approximate surface area is 435 Å². The number of aryl methyl sites for hydroxylation is 1. The number of rotatable bonds is 7. The van der Waals surface area contributed by atoms with Gasteiger partial charge in [0.2, 0.25) is 0 Å². The Hall–Kier alpha value is -5.57. The number of hydrogen-bond donors (Lipinski definition) is 1. The zero-order valence-electron chi connectivity index (χ0n) is 48.2. The molecule has 69 heavy (non-hydrogen) atoms. The van der Waals surface area contributed by atoms with Gasteiger partial charge in [-0.25, -0.2) is 4.98 Å². The van der Waals surface area contributed by atoms with Crippen LogP contribution in [0.4, 0.5) is 0 Å². The first-order chi connectivity index (χ1) is 33.7. The van der Waals surface area contributed by atoms with Gasteiger partial charge in [0.25, 0.3) is 0 Å². The molecule has 0 spiro atoms. The predicted molar refractivity (Wildman–Crippen MR) is 289 cm³/mol. The van der Waals surface area contributed by atoms with E-state index in [1.165, 1.54) is 11.6 Å². The van der Waals surface area contributed by atoms with Crippen molar-refractivity contribution in [2.45, 2.75) is 139 Å². The van der Waals surface area contributed by atoms with Crippen molar-refractivity contribution in [1.29, 1.82) is 0 Å². The van der Waals surface area contributed by atoms with Crippen LogP contribution in [0.1, 0.15) is 144 Å². The second kappa shape index (κ2) is 18.6. The summed E-state index contributed by atoms with van der Waals surface area (Å²) in [4.78, 5) is 10.5. The second-order valence-electron chi connectivity index (χ2n) is 23.7. The normalized spacial score (nSPS) is 14.1. The van der Waals surface area contributed by atoms with Gasteiger partial charge in [-0.3, -0.25) is 9.55 Å². The summed E-state index contributed by atoms with van der Waals surface area (Å²) in [6.07, 6.45) is -0.0814. The number of phenolic OH excluding ortho intramolecular Hbond substituents is 1. The van der Waals surface area contributed by atoms with Crippen LogP contribution in [0.2, 0.25) is 0 Å². The summed E-state index contributed by atoms with van der Waals surface area (Å²) in [5.74, 6) is 0.815. The number of imidazole rings is 1. The summed E-state index contributed by atoms with van der Waals surface area (Å²) in [6, 6.07) is 44.4. The minimum Gasteiger partial charge on any atom is -0.507 e. The Kier molecular flexibility index (Phi) is 12.1. The maximum atomic E-state index is 12.6. The van der Waals surface area contributed by atoms with Crippen LogP contribution in [-0.4, -0.2) is 19.6 Å². The monoisotopic (exact) mass is 1100 g/mol. The Morgan fingerprint density at radius 1 is 0.580 bits per heavy atom. The van der Waals surface area contributed by atoms with E-state index in [-0.39, 0.29) is 54.0 Å². The average molecular weight is 1100 g/mol. The van der Waals surface area contributed by atoms with E-state index in [2.05, 4.69) is 179 Å². The first kappa shape index (κ1) is 44.6. The van der Waals surface area contributed by atoms with Crippen LogP contribution >= 0.6 is 0 Å². The molecule has 0 atom stereocenters. The van der Waals surface area contributed by atoms with E-state index in [4.69, 9.17) is 16.8 Å². The number of nitrogens with zero attached hydrogens (tertiary/aromatic N) is 3. The second-order valence-corrected chi connectivity index (χ2v) is 23.7. The molecule has 0 aliphatic rings. The Balaban J connectivity index is 0.00000800. The topological polar surface area (TPSA) is 50.9 Å². The molecule has 6 aromatic carbocycles. The van der Waals surface area contributed by atoms with Gasteiger partial charge in [-0.2, -0.15) is 0 Å². The minimum atomic E-state index is -2.51. The molecule has 8 rings (SSSR count). The van der Waals surface area contributed by atoms with Crippen molar-refractivity contribution < 1.29 is 33.0 Å². The molecule has 1 N–H and O–H groups in total. The van der Waals surface area contributed by atoms with Gasteiger partial charge in [0.15, 0.2) is 0 Å². The molecule has 0 radical (unpaired) electrons. The summed E-state index contributed by atoms with van der Waals surface area (Å²) in [7, 11) is 0. The summed E-state index contributed by atoms with van der Waals surface area (Å²) in [5, 5.41) is 12.6. The van der Waals surface area contributed by atoms with Gasteiger partial charge in [-0.1, -0.05) is 194 Å². The fourth-order valence-corrected chi connectivity index (χ4v) is 8.94. The smallest absolute Gasteiger partial charge is 0.148 e. The predicted octanol–water partition coefficient (Wildman–Crippen LogP) is 17.3. The van der Waals surface area contributed by atoms with E-state index in [9.17, 15) is 5.11 Å². The molecule has 0 saturated carbocycles. The van der Waals surface area contributed by atoms with Gasteiger partial charge >= 0.3 is 0 Å². The van der Waals surface area contributed by atoms with Crippen molar-refractivity contribution in [3.63, 3.8) is 0 Å². The Morgan fingerprint density at radius 3 is 1.87 bits per heavy atom. The summed E-state index contributed by atoms with van der Waals surface area (Å²) < 4.78 is 45.9. The molecule has 2 aromatic heterocycles. The van der Waals surface area contributed by atoms with Gasteiger partial charge in [0.1, 0.15) is 11.6 Å². The van der Waals surface area contributed by atoms with Crippen molar-refractivity contribution in [2.24, 2.45) is 5.41 Å². The van der Waals surface area contributed by atoms with Crippen molar-refractivity contribution in [2.75, 3.05) is 0 Å². The van der Waals surface area contributed by atoms with Crippen LogP contribution in [0.25, 0.3) is 72.7 Å². The maximum Gasteiger partial charge on any atom is 0.148 e. The summed E-state index contributed by atoms with van der Waals surface area (Å²) >= 11 is 0. The fraction of sp³-hybridized carbons (Fsp3) is 0.344. The molecule has 0 aliphatic heterocycles. The minimum absolute atomic E-state index is 0. The molecular formula is C64H72N3OPt-. The van der Waals surface area contributed by atoms with Crippen molar-refractivity contribution in [3.8, 4) is 67.5 Å². The van der Waals surface area contributed by atoms with E-state index >= 15 is 0 Å². The van der Waals surface area contributed by atoms with E-state index in [0.717, 1.165) is 61.2 Å². The van der Waals surface area contributed by atoms with Crippen molar-refractivity contribution >= 4 is 11.0 Å². The molecule has 4 nitrogen and oxygen atoms in total. The summed E-state index contributed by atoms with van der Waals surface area (Å²) in [6.45, 7) is 29.2. The number of aromatic hydroxyl groups is 1. The van der Waals surface area contributed by atoms with Gasteiger partial charge in [0.05, 0.1) is 22.3 Å². The first-order valence-corrected chi connectivity index (χ1v) is 24.0. The Morgan fingerprint density at radius 2 is 1.23 bits per heavy atom. The summed E-state index contributed by atoms with van der Waals surface area (Å²) in [5.41, 5.74) is 12.2. The van der Waals surface area contributed by atoms with Gasteiger partial charge in [-0.05, 0) is 110 Å². The molecule has 0 unspecified atom stereocenters. The van der Waals surface area contributed by atoms with Gasteiger partial charge in [-0.15, -0.1) is 29.3 Å². The SMILES string of the molecule is [2H]C([2H])([2H])c1cc(C([2H])([2H])C(C)(C)C)ccc1-c1ccnc(-c2[c-]c(-c3cccc4c3nc(-c3cc(C(C)(C)C)cc(C(C)(C)C)c3O)n4-c3ccc(C(C)(C)C)cc3-c3ccccc3)cc(C(C)(C)C)c2)c1.[Pt]. The molecular weight excluding hydrogens is 1020 g/mol. The quantitative estimate of drug-likeness (QED) is 0.162. The van der Waals surface area contributed by atoms with Crippen molar-refractivity contribution in [1.82, 2.24) is 14.5 Å². The van der Waals surface area contributed by atoms with E-state index in [1.807, 2.05) is 39.0 Å². The van der Waals surface area contributed by atoms with E-state index in [1.54, 1.807) is 18.3 Å². The molecule has 0 aliphatic carbocycles. The largest absolute Gasteiger partial charge is 0.507 e. The van der Waals surface area contributed by atoms with Crippen molar-refractivity contribution in [3.05, 3.63) is 167 Å². The van der Waals surface area contributed by atoms with Gasteiger partial charge in [0, 0.05) is 50.9 Å². The molecule has 0 amide bonds. The number of fused-ring (bicyclic) bond motifs is 1. The van der Waals surface area contributed by atoms with E-state index < -0.39 is 18.6 Å². The average Bonchev–Trinajstić information content (AvgIpc) is 3.69. The number of hydrogen-bond acceptors (Lipinski definition) is 3. The number of phenols is 1. The Bertz CT molecular complexity index is 3390. The fourth-order valence-electron chi connectivity index (χ4n) is 8.94. The van der Waals surface area contributed by atoms with Gasteiger partial charge < -0.3 is 5.11 Å². The van der Waals surface area contributed by atoms with Crippen LogP contribution < -0.4 is 0 Å². The van der Waals surface area contributed by atoms with Crippen LogP contribution in [0.5, 0.6) is 5.75 Å². The van der Waals surface area contributed by atoms with Crippen LogP contribution in [-0.2, 0) is 49.1 Å². The number of aromatic nitrogens is 3. The maximum absolute atomic E-state index is 12.6. The van der Waals surface area contributed by atoms with Crippen LogP contribution in [0.15, 0.2) is 128 Å². The standard InChI is InChI=1S/C64H72N3O.Pt/c1-40-31-41(39-60(2,3)4)25-27-49(40)43-29-30-65-54(35-43)45-32-44(33-47(34-45)62(8,9)10)50-23-20-24-56-57(50)66-59(52-37-48(63(11,12)13)38-53(58(52)68)64(14,15)16)67(56)55-28-26-46(61(5,6)7)36-51(55)42-21-18-17-19-22-42;/h17-31,33-38,68H,39H2,1-16H3;/q-1;/i1D3,39D2;. The molecule has 0 saturated heterocycles. The molecule has 5 heteroatoms. The number of para-hydroxylation sites is 1. The van der Waals surface area contributed by atoms with Crippen LogP contribution in [0, 0.1) is 18.3 Å². The zero-order chi connectivity index (χ0) is 53.6. The third-order valence-electron chi connectivity index (χ3n) is 12.8. The molecule has 0 fully saturated rings. The van der Waals surface area contributed by atoms with Crippen LogP contribution in [0.3, 0.4) is 0 Å². The number of pyridine rings is 1. The molecule has 0 bridgehead atoms.